The molecule has 0 fully saturated rings. The number of oxime groups is 1. The predicted octanol–water partition coefficient (Wildman–Crippen LogP) is 8.71. The molecule has 0 bridgehead atoms. The molecule has 0 aromatic heterocycles. The van der Waals surface area contributed by atoms with Gasteiger partial charge in [-0.3, -0.25) is 0 Å². The summed E-state index contributed by atoms with van der Waals surface area (Å²) in [6.07, 6.45) is 10.6. The smallest absolute Gasteiger partial charge is 0.129 e. The third-order valence-electron chi connectivity index (χ3n) is 6.19. The van der Waals surface area contributed by atoms with Gasteiger partial charge in [0, 0.05) is 16.4 Å². The monoisotopic (exact) mass is 459 g/mol. The zero-order valence-electron chi connectivity index (χ0n) is 20.9. The number of nitrogens with zero attached hydrogens (tertiary/aromatic N) is 1. The number of thioether (sulfide) groups is 1. The van der Waals surface area contributed by atoms with Gasteiger partial charge < -0.3 is 4.84 Å². The molecule has 1 heterocycles. The molecule has 1 aliphatic carbocycles. The van der Waals surface area contributed by atoms with Crippen molar-refractivity contribution in [3.63, 3.8) is 0 Å². The summed E-state index contributed by atoms with van der Waals surface area (Å²) >= 11 is 2.01. The Hall–Kier alpha value is -2.26. The summed E-state index contributed by atoms with van der Waals surface area (Å²) in [7, 11) is 0. The summed E-state index contributed by atoms with van der Waals surface area (Å²) in [5.74, 6) is 0.698. The van der Waals surface area contributed by atoms with Crippen molar-refractivity contribution >= 4 is 23.5 Å². The Bertz CT molecular complexity index is 1080. The Morgan fingerprint density at radius 2 is 1.67 bits per heavy atom. The van der Waals surface area contributed by atoms with Crippen molar-refractivity contribution in [1.82, 2.24) is 0 Å². The Balaban J connectivity index is 1.44. The van der Waals surface area contributed by atoms with Crippen LogP contribution in [0, 0.1) is 11.3 Å². The fourth-order valence-electron chi connectivity index (χ4n) is 4.66. The van der Waals surface area contributed by atoms with Crippen LogP contribution in [0.5, 0.6) is 0 Å². The maximum absolute atomic E-state index is 5.82. The fourth-order valence-corrected chi connectivity index (χ4v) is 5.96. The largest absolute Gasteiger partial charge is 0.390 e. The molecule has 0 radical (unpaired) electrons. The second-order valence-corrected chi connectivity index (χ2v) is 12.3. The van der Waals surface area contributed by atoms with E-state index in [0.717, 1.165) is 23.3 Å². The van der Waals surface area contributed by atoms with Crippen molar-refractivity contribution < 1.29 is 4.84 Å². The molecule has 2 atom stereocenters. The highest BCUT2D eigenvalue weighted by atomic mass is 32.2. The first-order chi connectivity index (χ1) is 15.6. The number of allylic oxidation sites excluding steroid dienone is 2. The number of rotatable bonds is 6. The van der Waals surface area contributed by atoms with Gasteiger partial charge in [0.15, 0.2) is 0 Å². The molecule has 174 valence electrons. The predicted molar refractivity (Wildman–Crippen MR) is 145 cm³/mol. The molecule has 2 aromatic rings. The molecular weight excluding hydrogens is 422 g/mol. The van der Waals surface area contributed by atoms with Crippen molar-refractivity contribution in [2.45, 2.75) is 71.7 Å². The third kappa shape index (κ3) is 5.63. The van der Waals surface area contributed by atoms with Crippen molar-refractivity contribution in [3.8, 4) is 11.1 Å². The summed E-state index contributed by atoms with van der Waals surface area (Å²) in [5.41, 5.74) is 6.96. The van der Waals surface area contributed by atoms with Crippen molar-refractivity contribution in [2.75, 3.05) is 0 Å². The third-order valence-corrected chi connectivity index (χ3v) is 7.86. The van der Waals surface area contributed by atoms with Gasteiger partial charge in [0.1, 0.15) is 11.3 Å². The fraction of sp³-hybridized carbons (Fsp3) is 0.433. The zero-order chi connectivity index (χ0) is 23.6. The van der Waals surface area contributed by atoms with E-state index in [-0.39, 0.29) is 5.60 Å². The minimum absolute atomic E-state index is 0.318. The van der Waals surface area contributed by atoms with Crippen LogP contribution in [0.15, 0.2) is 65.2 Å². The maximum atomic E-state index is 5.82. The van der Waals surface area contributed by atoms with Crippen LogP contribution < -0.4 is 0 Å². The minimum atomic E-state index is -0.318. The van der Waals surface area contributed by atoms with E-state index in [4.69, 9.17) is 4.84 Å². The average molecular weight is 460 g/mol. The highest BCUT2D eigenvalue weighted by molar-refractivity contribution is 8.03. The Morgan fingerprint density at radius 3 is 2.39 bits per heavy atom. The van der Waals surface area contributed by atoms with E-state index < -0.39 is 0 Å². The van der Waals surface area contributed by atoms with Crippen molar-refractivity contribution in [2.24, 2.45) is 16.5 Å². The summed E-state index contributed by atoms with van der Waals surface area (Å²) < 4.78 is 0. The van der Waals surface area contributed by atoms with Crippen molar-refractivity contribution in [1.29, 1.82) is 0 Å². The summed E-state index contributed by atoms with van der Waals surface area (Å²) in [6, 6.07) is 15.2. The van der Waals surface area contributed by atoms with Gasteiger partial charge in [-0.25, -0.2) is 0 Å². The van der Waals surface area contributed by atoms with Gasteiger partial charge in [-0.15, -0.1) is 11.8 Å². The van der Waals surface area contributed by atoms with E-state index in [0.29, 0.717) is 16.6 Å². The highest BCUT2D eigenvalue weighted by Gasteiger charge is 2.33. The Morgan fingerprint density at radius 1 is 0.939 bits per heavy atom. The summed E-state index contributed by atoms with van der Waals surface area (Å²) in [6.45, 7) is 13.2. The van der Waals surface area contributed by atoms with E-state index in [9.17, 15) is 0 Å². The molecule has 0 N–H and O–H groups in total. The van der Waals surface area contributed by atoms with Crippen LogP contribution in [-0.2, 0) is 4.84 Å². The molecule has 2 aliphatic rings. The second-order valence-electron chi connectivity index (χ2n) is 11.2. The van der Waals surface area contributed by atoms with Crippen LogP contribution in [0.3, 0.4) is 0 Å². The number of benzene rings is 2. The van der Waals surface area contributed by atoms with E-state index in [1.165, 1.54) is 29.5 Å². The van der Waals surface area contributed by atoms with Gasteiger partial charge in [0.2, 0.25) is 0 Å². The SMILES string of the molecule is CC(C)(C)O/N=C1/c2ccccc2-c2ccc(/C=C/CCCC3C=CSC3C(C)(C)C)cc21. The van der Waals surface area contributed by atoms with Crippen LogP contribution in [-0.4, -0.2) is 16.6 Å². The lowest BCUT2D eigenvalue weighted by molar-refractivity contribution is 0.00121. The quantitative estimate of drug-likeness (QED) is 0.271. The molecule has 0 amide bonds. The molecule has 33 heavy (non-hydrogen) atoms. The summed E-state index contributed by atoms with van der Waals surface area (Å²) in [5, 5.41) is 7.59. The minimum Gasteiger partial charge on any atom is -0.390 e. The maximum Gasteiger partial charge on any atom is 0.129 e. The van der Waals surface area contributed by atoms with Gasteiger partial charge in [0.25, 0.3) is 0 Å². The molecule has 0 spiro atoms. The number of fused-ring (bicyclic) bond motifs is 3. The molecule has 0 saturated heterocycles. The first-order valence-electron chi connectivity index (χ1n) is 12.1. The number of hydrogen-bond donors (Lipinski definition) is 0. The molecule has 1 aliphatic heterocycles. The van der Waals surface area contributed by atoms with E-state index >= 15 is 0 Å². The molecule has 0 saturated carbocycles. The van der Waals surface area contributed by atoms with Crippen LogP contribution in [0.25, 0.3) is 17.2 Å². The molecule has 2 aromatic carbocycles. The van der Waals surface area contributed by atoms with Gasteiger partial charge in [-0.1, -0.05) is 80.6 Å². The van der Waals surface area contributed by atoms with Crippen LogP contribution in [0.4, 0.5) is 0 Å². The normalized spacial score (nSPS) is 21.1. The van der Waals surface area contributed by atoms with Crippen LogP contribution in [0.1, 0.15) is 77.5 Å². The molecule has 2 unspecified atom stereocenters. The Labute approximate surface area is 204 Å². The van der Waals surface area contributed by atoms with Crippen molar-refractivity contribution in [3.05, 3.63) is 76.7 Å². The molecule has 3 heteroatoms. The van der Waals surface area contributed by atoms with Gasteiger partial charge in [0.05, 0.1) is 0 Å². The lowest BCUT2D eigenvalue weighted by atomic mass is 9.82. The molecule has 2 nitrogen and oxygen atoms in total. The second kappa shape index (κ2) is 9.54. The lowest BCUT2D eigenvalue weighted by Gasteiger charge is -2.31. The number of unbranched alkanes of at least 4 members (excludes halogenated alkanes) is 1. The van der Waals surface area contributed by atoms with Gasteiger partial charge in [-0.05, 0) is 79.5 Å². The molecular formula is C30H37NOS. The average Bonchev–Trinajstić information content (AvgIpc) is 3.34. The summed E-state index contributed by atoms with van der Waals surface area (Å²) in [4.78, 5) is 5.82. The highest BCUT2D eigenvalue weighted by Crippen LogP contribution is 2.43. The van der Waals surface area contributed by atoms with Gasteiger partial charge in [-0.2, -0.15) is 0 Å². The van der Waals surface area contributed by atoms with Gasteiger partial charge >= 0.3 is 0 Å². The number of hydrogen-bond acceptors (Lipinski definition) is 3. The van der Waals surface area contributed by atoms with E-state index in [1.807, 2.05) is 32.5 Å². The topological polar surface area (TPSA) is 21.6 Å². The van der Waals surface area contributed by atoms with E-state index in [1.54, 1.807) is 0 Å². The first kappa shape index (κ1) is 23.9. The van der Waals surface area contributed by atoms with Crippen LogP contribution >= 0.6 is 11.8 Å². The van der Waals surface area contributed by atoms with Crippen LogP contribution in [0.2, 0.25) is 0 Å². The standard InChI is InChI=1S/C30H37NOS/c1-29(2,3)28-22(18-19-33-28)13-9-7-8-12-21-16-17-24-23-14-10-11-15-25(23)27(26(24)20-21)31-32-30(4,5)6/h8,10-12,14-20,22,28H,7,9,13H2,1-6H3/b12-8+,31-27-. The first-order valence-corrected chi connectivity index (χ1v) is 13.1. The zero-order valence-corrected chi connectivity index (χ0v) is 21.7. The Kier molecular flexibility index (Phi) is 6.91. The lowest BCUT2D eigenvalue weighted by Crippen LogP contribution is -2.27. The van der Waals surface area contributed by atoms with E-state index in [2.05, 4.69) is 92.0 Å². The molecule has 4 rings (SSSR count).